The molecule has 0 fully saturated rings. The molecule has 0 atom stereocenters. The summed E-state index contributed by atoms with van der Waals surface area (Å²) in [6.07, 6.45) is 0. The number of pyridine rings is 1. The zero-order valence-electron chi connectivity index (χ0n) is 8.85. The molecule has 0 aromatic carbocycles. The standard InChI is InChI=1S/C10H10BrClN4/c1-6(2)16-9(14-15-10(16)12)7-4-3-5-8(11)13-7/h3-6H,1-2H3. The molecule has 0 spiro atoms. The Morgan fingerprint density at radius 2 is 2.06 bits per heavy atom. The maximum absolute atomic E-state index is 5.98. The van der Waals surface area contributed by atoms with Gasteiger partial charge in [-0.2, -0.15) is 0 Å². The van der Waals surface area contributed by atoms with E-state index in [9.17, 15) is 0 Å². The molecular formula is C10H10BrClN4. The smallest absolute Gasteiger partial charge is 0.225 e. The van der Waals surface area contributed by atoms with Crippen LogP contribution in [-0.2, 0) is 0 Å². The van der Waals surface area contributed by atoms with Crippen molar-refractivity contribution in [3.05, 3.63) is 28.1 Å². The third-order valence-corrected chi connectivity index (χ3v) is 2.81. The van der Waals surface area contributed by atoms with E-state index in [1.54, 1.807) is 0 Å². The fourth-order valence-electron chi connectivity index (χ4n) is 1.44. The van der Waals surface area contributed by atoms with Gasteiger partial charge in [0.05, 0.1) is 0 Å². The van der Waals surface area contributed by atoms with Crippen molar-refractivity contribution in [2.45, 2.75) is 19.9 Å². The lowest BCUT2D eigenvalue weighted by Gasteiger charge is -2.10. The zero-order chi connectivity index (χ0) is 11.7. The first kappa shape index (κ1) is 11.5. The quantitative estimate of drug-likeness (QED) is 0.799. The van der Waals surface area contributed by atoms with Crippen LogP contribution in [0.4, 0.5) is 0 Å². The van der Waals surface area contributed by atoms with Crippen molar-refractivity contribution in [3.8, 4) is 11.5 Å². The van der Waals surface area contributed by atoms with E-state index in [0.717, 1.165) is 10.3 Å². The Morgan fingerprint density at radius 1 is 1.31 bits per heavy atom. The van der Waals surface area contributed by atoms with E-state index in [1.807, 2.05) is 36.6 Å². The van der Waals surface area contributed by atoms with Crippen LogP contribution in [0, 0.1) is 0 Å². The third-order valence-electron chi connectivity index (χ3n) is 2.11. The van der Waals surface area contributed by atoms with Crippen LogP contribution in [0.3, 0.4) is 0 Å². The second-order valence-electron chi connectivity index (χ2n) is 3.60. The van der Waals surface area contributed by atoms with Crippen LogP contribution in [0.1, 0.15) is 19.9 Å². The summed E-state index contributed by atoms with van der Waals surface area (Å²) in [6.45, 7) is 4.05. The van der Waals surface area contributed by atoms with E-state index in [4.69, 9.17) is 11.6 Å². The average Bonchev–Trinajstić information content (AvgIpc) is 2.60. The van der Waals surface area contributed by atoms with Gasteiger partial charge in [0.25, 0.3) is 0 Å². The number of nitrogens with zero attached hydrogens (tertiary/aromatic N) is 4. The van der Waals surface area contributed by atoms with Crippen LogP contribution in [-0.4, -0.2) is 19.7 Å². The molecule has 2 heterocycles. The maximum atomic E-state index is 5.98. The molecule has 0 amide bonds. The van der Waals surface area contributed by atoms with Gasteiger partial charge in [-0.1, -0.05) is 6.07 Å². The summed E-state index contributed by atoms with van der Waals surface area (Å²) >= 11 is 9.31. The van der Waals surface area contributed by atoms with Gasteiger partial charge in [0.2, 0.25) is 5.28 Å². The molecule has 0 radical (unpaired) electrons. The minimum absolute atomic E-state index is 0.193. The summed E-state index contributed by atoms with van der Waals surface area (Å²) in [5.41, 5.74) is 0.752. The van der Waals surface area contributed by atoms with Crippen LogP contribution in [0.25, 0.3) is 11.5 Å². The number of aromatic nitrogens is 4. The monoisotopic (exact) mass is 300 g/mol. The Bertz CT molecular complexity index is 509. The van der Waals surface area contributed by atoms with Crippen molar-refractivity contribution in [1.29, 1.82) is 0 Å². The number of halogens is 2. The van der Waals surface area contributed by atoms with Gasteiger partial charge < -0.3 is 0 Å². The fourth-order valence-corrected chi connectivity index (χ4v) is 2.09. The maximum Gasteiger partial charge on any atom is 0.225 e. The first-order chi connectivity index (χ1) is 7.59. The molecule has 2 rings (SSSR count). The molecule has 0 N–H and O–H groups in total. The van der Waals surface area contributed by atoms with Crippen molar-refractivity contribution < 1.29 is 0 Å². The van der Waals surface area contributed by atoms with Crippen LogP contribution in [0.2, 0.25) is 5.28 Å². The first-order valence-corrected chi connectivity index (χ1v) is 6.00. The molecule has 4 nitrogen and oxygen atoms in total. The predicted octanol–water partition coefficient (Wildman–Crippen LogP) is 3.34. The van der Waals surface area contributed by atoms with Crippen LogP contribution in [0.15, 0.2) is 22.8 Å². The molecule has 0 saturated carbocycles. The van der Waals surface area contributed by atoms with Gasteiger partial charge in [0.15, 0.2) is 5.82 Å². The van der Waals surface area contributed by atoms with Gasteiger partial charge in [-0.3, -0.25) is 4.57 Å². The number of rotatable bonds is 2. The van der Waals surface area contributed by atoms with Crippen molar-refractivity contribution >= 4 is 27.5 Å². The lowest BCUT2D eigenvalue weighted by Crippen LogP contribution is -2.04. The highest BCUT2D eigenvalue weighted by Crippen LogP contribution is 2.24. The first-order valence-electron chi connectivity index (χ1n) is 4.83. The SMILES string of the molecule is CC(C)n1c(Cl)nnc1-c1cccc(Br)n1. The molecule has 0 unspecified atom stereocenters. The van der Waals surface area contributed by atoms with Crippen LogP contribution < -0.4 is 0 Å². The topological polar surface area (TPSA) is 43.6 Å². The summed E-state index contributed by atoms with van der Waals surface area (Å²) in [4.78, 5) is 4.33. The van der Waals surface area contributed by atoms with Gasteiger partial charge in [-0.15, -0.1) is 10.2 Å². The molecular weight excluding hydrogens is 291 g/mol. The van der Waals surface area contributed by atoms with Crippen molar-refractivity contribution in [1.82, 2.24) is 19.7 Å². The lowest BCUT2D eigenvalue weighted by atomic mass is 10.3. The van der Waals surface area contributed by atoms with Gasteiger partial charge in [0.1, 0.15) is 10.3 Å². The summed E-state index contributed by atoms with van der Waals surface area (Å²) < 4.78 is 2.61. The summed E-state index contributed by atoms with van der Waals surface area (Å²) in [5, 5.41) is 8.29. The summed E-state index contributed by atoms with van der Waals surface area (Å²) in [5.74, 6) is 0.682. The molecule has 0 saturated heterocycles. The summed E-state index contributed by atoms with van der Waals surface area (Å²) in [7, 11) is 0. The molecule has 0 aliphatic carbocycles. The van der Waals surface area contributed by atoms with Gasteiger partial charge >= 0.3 is 0 Å². The minimum Gasteiger partial charge on any atom is -0.294 e. The van der Waals surface area contributed by atoms with E-state index in [-0.39, 0.29) is 6.04 Å². The second kappa shape index (κ2) is 4.51. The molecule has 2 aromatic rings. The Balaban J connectivity index is 2.56. The largest absolute Gasteiger partial charge is 0.294 e. The van der Waals surface area contributed by atoms with Crippen LogP contribution >= 0.6 is 27.5 Å². The Morgan fingerprint density at radius 3 is 2.69 bits per heavy atom. The van der Waals surface area contributed by atoms with Gasteiger partial charge in [0, 0.05) is 6.04 Å². The van der Waals surface area contributed by atoms with Crippen molar-refractivity contribution in [3.63, 3.8) is 0 Å². The zero-order valence-corrected chi connectivity index (χ0v) is 11.2. The highest BCUT2D eigenvalue weighted by molar-refractivity contribution is 9.10. The van der Waals surface area contributed by atoms with Crippen molar-refractivity contribution in [2.24, 2.45) is 0 Å². The predicted molar refractivity (Wildman–Crippen MR) is 66.3 cm³/mol. The normalized spacial score (nSPS) is 11.1. The molecule has 6 heteroatoms. The van der Waals surface area contributed by atoms with Crippen molar-refractivity contribution in [2.75, 3.05) is 0 Å². The Hall–Kier alpha value is -0.940. The second-order valence-corrected chi connectivity index (χ2v) is 4.75. The summed E-state index contributed by atoms with van der Waals surface area (Å²) in [6, 6.07) is 5.84. The average molecular weight is 302 g/mol. The molecule has 16 heavy (non-hydrogen) atoms. The number of hydrogen-bond acceptors (Lipinski definition) is 3. The van der Waals surface area contributed by atoms with Gasteiger partial charge in [-0.05, 0) is 53.5 Å². The molecule has 0 aliphatic rings. The minimum atomic E-state index is 0.193. The van der Waals surface area contributed by atoms with Crippen LogP contribution in [0.5, 0.6) is 0 Å². The lowest BCUT2D eigenvalue weighted by molar-refractivity contribution is 0.604. The van der Waals surface area contributed by atoms with E-state index in [2.05, 4.69) is 31.1 Å². The fraction of sp³-hybridized carbons (Fsp3) is 0.300. The van der Waals surface area contributed by atoms with E-state index in [0.29, 0.717) is 11.1 Å². The van der Waals surface area contributed by atoms with E-state index in [1.165, 1.54) is 0 Å². The Kier molecular flexibility index (Phi) is 3.25. The molecule has 84 valence electrons. The van der Waals surface area contributed by atoms with E-state index >= 15 is 0 Å². The third kappa shape index (κ3) is 2.10. The highest BCUT2D eigenvalue weighted by Gasteiger charge is 2.15. The Labute approximate surface area is 107 Å². The molecule has 2 aromatic heterocycles. The highest BCUT2D eigenvalue weighted by atomic mass is 79.9. The molecule has 0 bridgehead atoms. The number of hydrogen-bond donors (Lipinski definition) is 0. The van der Waals surface area contributed by atoms with Gasteiger partial charge in [-0.25, -0.2) is 4.98 Å². The van der Waals surface area contributed by atoms with E-state index < -0.39 is 0 Å². The molecule has 0 aliphatic heterocycles.